The van der Waals surface area contributed by atoms with Crippen LogP contribution in [-0.4, -0.2) is 51.8 Å². The van der Waals surface area contributed by atoms with Crippen LogP contribution in [-0.2, 0) is 19.4 Å². The Morgan fingerprint density at radius 2 is 1.41 bits per heavy atom. The molecule has 0 aliphatic carbocycles. The van der Waals surface area contributed by atoms with Crippen molar-refractivity contribution >= 4 is 5.71 Å². The molecule has 1 unspecified atom stereocenters. The lowest BCUT2D eigenvalue weighted by Crippen LogP contribution is -3.00. The monoisotopic (exact) mass is 617 g/mol. The first-order valence-corrected chi connectivity index (χ1v) is 12.2. The minimum Gasteiger partial charge on any atom is -1.00 e. The van der Waals surface area contributed by atoms with E-state index in [0.717, 1.165) is 41.9 Å². The number of ether oxygens (including phenoxy) is 5. The van der Waals surface area contributed by atoms with Crippen LogP contribution >= 0.6 is 0 Å². The van der Waals surface area contributed by atoms with Crippen molar-refractivity contribution in [3.05, 3.63) is 76.9 Å². The smallest absolute Gasteiger partial charge is 0.203 e. The van der Waals surface area contributed by atoms with Crippen LogP contribution in [0.5, 0.6) is 28.7 Å². The molecule has 3 aromatic carbocycles. The first-order chi connectivity index (χ1) is 17.5. The van der Waals surface area contributed by atoms with Gasteiger partial charge < -0.3 is 47.7 Å². The maximum absolute atomic E-state index is 6.24. The van der Waals surface area contributed by atoms with Gasteiger partial charge in [0.1, 0.15) is 13.7 Å². The largest absolute Gasteiger partial charge is 1.00 e. The molecule has 4 rings (SSSR count). The summed E-state index contributed by atoms with van der Waals surface area (Å²) in [4.78, 5) is 0. The SMILES string of the molecule is COc1cc2c(cc1OCc1ccccc1)C(CCc1cc(OC)c(OC)c(OC)c1)=[N+](C)C(C)C2.[I-]. The molecule has 0 saturated carbocycles. The zero-order valence-corrected chi connectivity index (χ0v) is 24.6. The summed E-state index contributed by atoms with van der Waals surface area (Å²) in [5, 5.41) is 0. The molecular weight excluding hydrogens is 581 g/mol. The fourth-order valence-corrected chi connectivity index (χ4v) is 4.81. The van der Waals surface area contributed by atoms with Gasteiger partial charge >= 0.3 is 0 Å². The Morgan fingerprint density at radius 3 is 2.00 bits per heavy atom. The van der Waals surface area contributed by atoms with Crippen molar-refractivity contribution in [3.8, 4) is 28.7 Å². The highest BCUT2D eigenvalue weighted by Crippen LogP contribution is 2.39. The predicted octanol–water partition coefficient (Wildman–Crippen LogP) is 2.31. The first-order valence-electron chi connectivity index (χ1n) is 12.2. The first kappa shape index (κ1) is 28.6. The highest BCUT2D eigenvalue weighted by Gasteiger charge is 2.30. The normalized spacial score (nSPS) is 14.4. The van der Waals surface area contributed by atoms with E-state index in [0.29, 0.717) is 29.9 Å². The van der Waals surface area contributed by atoms with Crippen molar-refractivity contribution in [2.75, 3.05) is 35.5 Å². The van der Waals surface area contributed by atoms with Gasteiger partial charge in [-0.15, -0.1) is 0 Å². The standard InChI is InChI=1S/C30H36NO5.HI/c1-20-14-23-17-26(32-3)27(36-19-21-10-8-7-9-11-21)18-24(23)25(31(20)2)13-12-22-15-28(33-4)30(35-6)29(16-22)34-5;/h7-11,15-18,20H,12-14,19H2,1-6H3;1H/q+1;/p-1. The number of hydrogen-bond donors (Lipinski definition) is 0. The van der Waals surface area contributed by atoms with Gasteiger partial charge in [-0.05, 0) is 54.3 Å². The van der Waals surface area contributed by atoms with Gasteiger partial charge in [-0.1, -0.05) is 30.3 Å². The third kappa shape index (κ3) is 6.32. The minimum atomic E-state index is 0. The molecule has 3 aromatic rings. The van der Waals surface area contributed by atoms with Gasteiger partial charge in [0.2, 0.25) is 5.75 Å². The second-order valence-electron chi connectivity index (χ2n) is 9.08. The van der Waals surface area contributed by atoms with Crippen molar-refractivity contribution in [1.29, 1.82) is 0 Å². The number of fused-ring (bicyclic) bond motifs is 1. The summed E-state index contributed by atoms with van der Waals surface area (Å²) in [6, 6.07) is 18.9. The molecule has 1 aliphatic rings. The van der Waals surface area contributed by atoms with E-state index in [-0.39, 0.29) is 24.0 Å². The van der Waals surface area contributed by atoms with Crippen LogP contribution in [0.3, 0.4) is 0 Å². The second kappa shape index (κ2) is 13.0. The number of aryl methyl sites for hydroxylation is 1. The molecule has 0 radical (unpaired) electrons. The lowest BCUT2D eigenvalue weighted by atomic mass is 9.89. The molecule has 1 atom stereocenters. The maximum Gasteiger partial charge on any atom is 0.203 e. The summed E-state index contributed by atoms with van der Waals surface area (Å²) >= 11 is 0. The van der Waals surface area contributed by atoms with Gasteiger partial charge in [-0.25, -0.2) is 4.58 Å². The summed E-state index contributed by atoms with van der Waals surface area (Å²) in [6.07, 6.45) is 2.64. The molecule has 0 bridgehead atoms. The predicted molar refractivity (Wildman–Crippen MR) is 142 cm³/mol. The molecule has 0 saturated heterocycles. The van der Waals surface area contributed by atoms with Gasteiger partial charge in [0.25, 0.3) is 0 Å². The highest BCUT2D eigenvalue weighted by atomic mass is 127. The fourth-order valence-electron chi connectivity index (χ4n) is 4.81. The summed E-state index contributed by atoms with van der Waals surface area (Å²) in [7, 11) is 8.79. The fraction of sp³-hybridized carbons (Fsp3) is 0.367. The quantitative estimate of drug-likeness (QED) is 0.259. The molecule has 7 heteroatoms. The van der Waals surface area contributed by atoms with Gasteiger partial charge in [0.15, 0.2) is 34.8 Å². The summed E-state index contributed by atoms with van der Waals surface area (Å²) in [5.41, 5.74) is 6.02. The molecule has 1 heterocycles. The summed E-state index contributed by atoms with van der Waals surface area (Å²) in [6.45, 7) is 2.75. The molecular formula is C30H36INO5. The van der Waals surface area contributed by atoms with Crippen LogP contribution in [0.15, 0.2) is 54.6 Å². The number of hydrogen-bond acceptors (Lipinski definition) is 5. The molecule has 0 aromatic heterocycles. The Hall–Kier alpha value is -2.94. The number of rotatable bonds is 10. The van der Waals surface area contributed by atoms with E-state index >= 15 is 0 Å². The van der Waals surface area contributed by atoms with Crippen LogP contribution in [0.1, 0.15) is 35.6 Å². The lowest BCUT2D eigenvalue weighted by Gasteiger charge is -2.23. The van der Waals surface area contributed by atoms with Gasteiger partial charge in [0, 0.05) is 18.4 Å². The summed E-state index contributed by atoms with van der Waals surface area (Å²) < 4.78 is 30.9. The Bertz CT molecular complexity index is 1220. The molecule has 0 spiro atoms. The summed E-state index contributed by atoms with van der Waals surface area (Å²) in [5.74, 6) is 3.48. The van der Waals surface area contributed by atoms with Crippen LogP contribution in [0, 0.1) is 0 Å². The zero-order chi connectivity index (χ0) is 25.7. The topological polar surface area (TPSA) is 49.2 Å². The number of methoxy groups -OCH3 is 4. The van der Waals surface area contributed by atoms with Gasteiger partial charge in [-0.2, -0.15) is 0 Å². The molecule has 0 fully saturated rings. The van der Waals surface area contributed by atoms with Crippen molar-refractivity contribution in [3.63, 3.8) is 0 Å². The average Bonchev–Trinajstić information content (AvgIpc) is 2.91. The van der Waals surface area contributed by atoms with E-state index in [1.54, 1.807) is 28.4 Å². The van der Waals surface area contributed by atoms with Crippen LogP contribution in [0.2, 0.25) is 0 Å². The number of benzene rings is 3. The van der Waals surface area contributed by atoms with E-state index in [9.17, 15) is 0 Å². The zero-order valence-electron chi connectivity index (χ0n) is 22.5. The third-order valence-electron chi connectivity index (χ3n) is 6.91. The van der Waals surface area contributed by atoms with Gasteiger partial charge in [0.05, 0.1) is 28.4 Å². The molecule has 1 aliphatic heterocycles. The molecule has 6 nitrogen and oxygen atoms in total. The van der Waals surface area contributed by atoms with Crippen molar-refractivity contribution in [2.24, 2.45) is 0 Å². The van der Waals surface area contributed by atoms with Crippen LogP contribution in [0.25, 0.3) is 0 Å². The molecule has 0 amide bonds. The molecule has 37 heavy (non-hydrogen) atoms. The van der Waals surface area contributed by atoms with E-state index in [4.69, 9.17) is 23.7 Å². The van der Waals surface area contributed by atoms with E-state index in [1.807, 2.05) is 30.3 Å². The second-order valence-corrected chi connectivity index (χ2v) is 9.08. The Morgan fingerprint density at radius 1 is 0.757 bits per heavy atom. The van der Waals surface area contributed by atoms with Gasteiger partial charge in [-0.3, -0.25) is 0 Å². The molecule has 198 valence electrons. The van der Waals surface area contributed by atoms with Crippen molar-refractivity contribution in [2.45, 2.75) is 38.8 Å². The number of nitrogens with zero attached hydrogens (tertiary/aromatic N) is 1. The number of likely N-dealkylation sites (N-methyl/N-ethyl adjacent to an activating group) is 1. The Labute approximate surface area is 237 Å². The number of halogens is 1. The highest BCUT2D eigenvalue weighted by molar-refractivity contribution is 5.99. The van der Waals surface area contributed by atoms with E-state index in [1.165, 1.54) is 16.8 Å². The Kier molecular flexibility index (Phi) is 10.1. The minimum absolute atomic E-state index is 0. The van der Waals surface area contributed by atoms with Crippen LogP contribution < -0.4 is 47.7 Å². The molecule has 0 N–H and O–H groups in total. The van der Waals surface area contributed by atoms with E-state index < -0.39 is 0 Å². The van der Waals surface area contributed by atoms with Crippen molar-refractivity contribution < 1.29 is 52.2 Å². The third-order valence-corrected chi connectivity index (χ3v) is 6.91. The average molecular weight is 618 g/mol. The van der Waals surface area contributed by atoms with Crippen LogP contribution in [0.4, 0.5) is 0 Å². The van der Waals surface area contributed by atoms with E-state index in [2.05, 4.69) is 42.8 Å². The lowest BCUT2D eigenvalue weighted by molar-refractivity contribution is -0.536. The van der Waals surface area contributed by atoms with Crippen molar-refractivity contribution in [1.82, 2.24) is 0 Å². The Balaban J connectivity index is 0.00000380. The maximum atomic E-state index is 6.24.